The first kappa shape index (κ1) is 26.3. The number of rotatable bonds is 9. The number of amides is 2. The Morgan fingerprint density at radius 3 is 2.35 bits per heavy atom. The van der Waals surface area contributed by atoms with Gasteiger partial charge in [-0.05, 0) is 44.4 Å². The van der Waals surface area contributed by atoms with E-state index in [4.69, 9.17) is 13.9 Å². The minimum absolute atomic E-state index is 0.0762. The van der Waals surface area contributed by atoms with E-state index in [-0.39, 0.29) is 24.4 Å². The van der Waals surface area contributed by atoms with E-state index in [0.717, 1.165) is 36.8 Å². The minimum atomic E-state index is -0.949. The van der Waals surface area contributed by atoms with Gasteiger partial charge < -0.3 is 24.1 Å². The first-order valence-electron chi connectivity index (χ1n) is 12.8. The molecule has 1 fully saturated rings. The number of carbonyl (C=O) groups is 2. The van der Waals surface area contributed by atoms with Crippen molar-refractivity contribution in [3.8, 4) is 11.5 Å². The van der Waals surface area contributed by atoms with Crippen LogP contribution in [-0.4, -0.2) is 37.0 Å². The molecule has 37 heavy (non-hydrogen) atoms. The lowest BCUT2D eigenvalue weighted by atomic mass is 9.94. The van der Waals surface area contributed by atoms with Crippen molar-refractivity contribution < 1.29 is 23.5 Å². The maximum atomic E-state index is 14.1. The number of hydrogen-bond donors (Lipinski definition) is 1. The summed E-state index contributed by atoms with van der Waals surface area (Å²) in [6.07, 6.45) is 6.70. The zero-order chi connectivity index (χ0) is 26.4. The van der Waals surface area contributed by atoms with Crippen LogP contribution >= 0.6 is 0 Å². The molecule has 7 heteroatoms. The maximum Gasteiger partial charge on any atom is 0.258 e. The molecular formula is C30H36N2O5. The van der Waals surface area contributed by atoms with E-state index in [1.165, 1.54) is 12.7 Å². The van der Waals surface area contributed by atoms with Crippen LogP contribution in [0.5, 0.6) is 11.5 Å². The number of aryl methyl sites for hydroxylation is 2. The van der Waals surface area contributed by atoms with E-state index in [1.807, 2.05) is 43.3 Å². The number of hydrogen-bond acceptors (Lipinski definition) is 5. The van der Waals surface area contributed by atoms with Gasteiger partial charge in [0.25, 0.3) is 5.91 Å². The normalized spacial score (nSPS) is 14.6. The molecule has 0 radical (unpaired) electrons. The number of methoxy groups -OCH3 is 2. The third-order valence-electron chi connectivity index (χ3n) is 7.06. The van der Waals surface area contributed by atoms with Crippen molar-refractivity contribution in [2.45, 2.75) is 64.6 Å². The predicted octanol–water partition coefficient (Wildman–Crippen LogP) is 5.75. The Labute approximate surface area is 218 Å². The standard InChI is InChI=1S/C30H36N2O5/c1-20-13-15-22(16-14-20)19-32(30(34)24-17-18-37-21(24)2)27(29(33)31-23-9-6-5-7-10-23)25-11-8-12-26(35-3)28(25)36-4/h8,11-18,23,27H,5-7,9-10,19H2,1-4H3,(H,31,33). The van der Waals surface area contributed by atoms with Crippen LogP contribution in [0.3, 0.4) is 0 Å². The van der Waals surface area contributed by atoms with Gasteiger partial charge in [0.15, 0.2) is 11.5 Å². The van der Waals surface area contributed by atoms with Crippen molar-refractivity contribution in [1.82, 2.24) is 10.2 Å². The van der Waals surface area contributed by atoms with Crippen LogP contribution in [0.15, 0.2) is 59.2 Å². The van der Waals surface area contributed by atoms with Crippen LogP contribution in [0, 0.1) is 13.8 Å². The number of furan rings is 1. The highest BCUT2D eigenvalue weighted by molar-refractivity contribution is 5.99. The Kier molecular flexibility index (Phi) is 8.54. The number of ether oxygens (including phenoxy) is 2. The molecule has 7 nitrogen and oxygen atoms in total. The van der Waals surface area contributed by atoms with Crippen molar-refractivity contribution in [3.05, 3.63) is 82.8 Å². The maximum absolute atomic E-state index is 14.1. The largest absolute Gasteiger partial charge is 0.493 e. The van der Waals surface area contributed by atoms with Crippen LogP contribution in [0.1, 0.15) is 71.0 Å². The van der Waals surface area contributed by atoms with Gasteiger partial charge in [-0.25, -0.2) is 0 Å². The Morgan fingerprint density at radius 1 is 1.00 bits per heavy atom. The molecule has 1 heterocycles. The molecule has 2 amide bonds. The van der Waals surface area contributed by atoms with Gasteiger partial charge in [-0.1, -0.05) is 61.2 Å². The summed E-state index contributed by atoms with van der Waals surface area (Å²) < 4.78 is 16.7. The first-order valence-corrected chi connectivity index (χ1v) is 12.8. The first-order chi connectivity index (χ1) is 17.9. The molecule has 3 aromatic rings. The van der Waals surface area contributed by atoms with E-state index in [1.54, 1.807) is 38.2 Å². The number of benzene rings is 2. The molecule has 0 saturated heterocycles. The second kappa shape index (κ2) is 12.0. The average molecular weight is 505 g/mol. The minimum Gasteiger partial charge on any atom is -0.493 e. The quantitative estimate of drug-likeness (QED) is 0.402. The summed E-state index contributed by atoms with van der Waals surface area (Å²) in [7, 11) is 3.10. The molecule has 4 rings (SSSR count). The van der Waals surface area contributed by atoms with Crippen molar-refractivity contribution in [1.29, 1.82) is 0 Å². The third-order valence-corrected chi connectivity index (χ3v) is 7.06. The average Bonchev–Trinajstić information content (AvgIpc) is 3.35. The molecule has 1 aromatic heterocycles. The van der Waals surface area contributed by atoms with Gasteiger partial charge in [0.2, 0.25) is 5.91 Å². The van der Waals surface area contributed by atoms with Crippen molar-refractivity contribution in [3.63, 3.8) is 0 Å². The zero-order valence-electron chi connectivity index (χ0n) is 22.1. The predicted molar refractivity (Wildman–Crippen MR) is 142 cm³/mol. The zero-order valence-corrected chi connectivity index (χ0v) is 22.1. The van der Waals surface area contributed by atoms with Gasteiger partial charge in [-0.15, -0.1) is 0 Å². The lowest BCUT2D eigenvalue weighted by molar-refractivity contribution is -0.127. The summed E-state index contributed by atoms with van der Waals surface area (Å²) in [5, 5.41) is 3.24. The highest BCUT2D eigenvalue weighted by Crippen LogP contribution is 2.39. The fraction of sp³-hybridized carbons (Fsp3) is 0.400. The molecule has 196 valence electrons. The van der Waals surface area contributed by atoms with E-state index < -0.39 is 6.04 Å². The van der Waals surface area contributed by atoms with Crippen molar-refractivity contribution in [2.75, 3.05) is 14.2 Å². The molecule has 1 saturated carbocycles. The van der Waals surface area contributed by atoms with E-state index in [2.05, 4.69) is 5.32 Å². The van der Waals surface area contributed by atoms with Crippen LogP contribution in [0.4, 0.5) is 0 Å². The summed E-state index contributed by atoms with van der Waals surface area (Å²) in [6, 6.07) is 14.2. The third kappa shape index (κ3) is 5.98. The molecule has 1 N–H and O–H groups in total. The number of para-hydroxylation sites is 1. The van der Waals surface area contributed by atoms with Gasteiger partial charge in [0.05, 0.1) is 26.0 Å². The van der Waals surface area contributed by atoms with E-state index in [0.29, 0.717) is 28.4 Å². The molecule has 1 atom stereocenters. The number of nitrogens with zero attached hydrogens (tertiary/aromatic N) is 1. The van der Waals surface area contributed by atoms with Crippen LogP contribution in [0.25, 0.3) is 0 Å². The van der Waals surface area contributed by atoms with Crippen molar-refractivity contribution in [2.24, 2.45) is 0 Å². The second-order valence-corrected chi connectivity index (χ2v) is 9.64. The smallest absolute Gasteiger partial charge is 0.258 e. The molecule has 2 aromatic carbocycles. The Bertz CT molecular complexity index is 1210. The highest BCUT2D eigenvalue weighted by Gasteiger charge is 2.37. The molecule has 0 aliphatic heterocycles. The molecule has 1 aliphatic carbocycles. The second-order valence-electron chi connectivity index (χ2n) is 9.64. The summed E-state index contributed by atoms with van der Waals surface area (Å²) in [4.78, 5) is 29.8. The molecule has 1 unspecified atom stereocenters. The molecule has 0 bridgehead atoms. The topological polar surface area (TPSA) is 81.0 Å². The monoisotopic (exact) mass is 504 g/mol. The summed E-state index contributed by atoms with van der Waals surface area (Å²) in [5.74, 6) is 0.903. The van der Waals surface area contributed by atoms with Gasteiger partial charge in [0.1, 0.15) is 11.8 Å². The summed E-state index contributed by atoms with van der Waals surface area (Å²) >= 11 is 0. The van der Waals surface area contributed by atoms with Crippen molar-refractivity contribution >= 4 is 11.8 Å². The van der Waals surface area contributed by atoms with Gasteiger partial charge in [-0.2, -0.15) is 0 Å². The van der Waals surface area contributed by atoms with Crippen LogP contribution < -0.4 is 14.8 Å². The lowest BCUT2D eigenvalue weighted by Crippen LogP contribution is -2.47. The molecular weight excluding hydrogens is 468 g/mol. The molecule has 0 spiro atoms. The number of carbonyl (C=O) groups excluding carboxylic acids is 2. The highest BCUT2D eigenvalue weighted by atomic mass is 16.5. The van der Waals surface area contributed by atoms with Gasteiger partial charge in [0, 0.05) is 18.2 Å². The van der Waals surface area contributed by atoms with Gasteiger partial charge >= 0.3 is 0 Å². The summed E-state index contributed by atoms with van der Waals surface area (Å²) in [5.41, 5.74) is 3.02. The van der Waals surface area contributed by atoms with Gasteiger partial charge in [-0.3, -0.25) is 9.59 Å². The Hall–Kier alpha value is -3.74. The SMILES string of the molecule is COc1cccc(C(C(=O)NC2CCCCC2)N(Cc2ccc(C)cc2)C(=O)c2ccoc2C)c1OC. The Balaban J connectivity index is 1.83. The fourth-order valence-electron chi connectivity index (χ4n) is 5.04. The lowest BCUT2D eigenvalue weighted by Gasteiger charge is -2.34. The van der Waals surface area contributed by atoms with E-state index >= 15 is 0 Å². The van der Waals surface area contributed by atoms with Crippen LogP contribution in [-0.2, 0) is 11.3 Å². The molecule has 1 aliphatic rings. The Morgan fingerprint density at radius 2 is 1.73 bits per heavy atom. The summed E-state index contributed by atoms with van der Waals surface area (Å²) in [6.45, 7) is 4.00. The number of nitrogens with one attached hydrogen (secondary N) is 1. The fourth-order valence-corrected chi connectivity index (χ4v) is 5.04. The van der Waals surface area contributed by atoms with E-state index in [9.17, 15) is 9.59 Å². The van der Waals surface area contributed by atoms with Crippen LogP contribution in [0.2, 0.25) is 0 Å².